The molecule has 1 aliphatic rings. The van der Waals surface area contributed by atoms with E-state index in [9.17, 15) is 9.59 Å². The maximum Gasteiger partial charge on any atom is 0.340 e. The minimum atomic E-state index is -0.431. The third-order valence-corrected chi connectivity index (χ3v) is 8.38. The predicted molar refractivity (Wildman–Crippen MR) is 148 cm³/mol. The molecule has 5 rings (SSSR count). The number of thiophene rings is 1. The second kappa shape index (κ2) is 10.5. The zero-order valence-corrected chi connectivity index (χ0v) is 22.5. The molecule has 3 aromatic heterocycles. The maximum atomic E-state index is 13.7. The quantitative estimate of drug-likeness (QED) is 0.247. The molecule has 1 aliphatic carbocycles. The van der Waals surface area contributed by atoms with E-state index in [-0.39, 0.29) is 17.9 Å². The van der Waals surface area contributed by atoms with Gasteiger partial charge in [0.25, 0.3) is 0 Å². The summed E-state index contributed by atoms with van der Waals surface area (Å²) in [5.41, 5.74) is 3.90. The van der Waals surface area contributed by atoms with Gasteiger partial charge >= 0.3 is 5.97 Å². The molecule has 0 bridgehead atoms. The van der Waals surface area contributed by atoms with E-state index in [4.69, 9.17) is 9.15 Å². The molecule has 3 heterocycles. The van der Waals surface area contributed by atoms with Crippen LogP contribution in [0.25, 0.3) is 32.9 Å². The Hall–Kier alpha value is -3.45. The van der Waals surface area contributed by atoms with E-state index in [1.54, 1.807) is 6.20 Å². The Labute approximate surface area is 221 Å². The van der Waals surface area contributed by atoms with E-state index in [0.717, 1.165) is 58.5 Å². The van der Waals surface area contributed by atoms with E-state index in [1.165, 1.54) is 18.4 Å². The van der Waals surface area contributed by atoms with Crippen molar-refractivity contribution in [3.05, 3.63) is 60.3 Å². The van der Waals surface area contributed by atoms with Gasteiger partial charge in [0.2, 0.25) is 5.91 Å². The topological polar surface area (TPSA) is 72.6 Å². The molecule has 192 valence electrons. The number of furan rings is 1. The minimum absolute atomic E-state index is 0.00719. The Morgan fingerprint density at radius 2 is 1.76 bits per heavy atom. The number of anilines is 1. The van der Waals surface area contributed by atoms with Gasteiger partial charge in [-0.2, -0.15) is 0 Å². The smallest absolute Gasteiger partial charge is 0.340 e. The van der Waals surface area contributed by atoms with Crippen molar-refractivity contribution < 1.29 is 18.7 Å². The zero-order chi connectivity index (χ0) is 26.1. The Balaban J connectivity index is 1.48. The monoisotopic (exact) mass is 516 g/mol. The Bertz CT molecular complexity index is 1380. The standard InChI is InChI=1S/C30H32N2O4S/c1-18(2)32(28(33)22-9-7-19(3)8-10-22)29-23(30(34)35-4)16-27(37-29)21-13-11-20(12-14-21)26-17-24-25(36-26)6-5-15-31-24/h5-6,11-19,22H,7-10H2,1-4H3. The van der Waals surface area contributed by atoms with Gasteiger partial charge in [-0.05, 0) is 69.2 Å². The summed E-state index contributed by atoms with van der Waals surface area (Å²) in [5, 5.41) is 0.660. The third-order valence-electron chi connectivity index (χ3n) is 7.20. The summed E-state index contributed by atoms with van der Waals surface area (Å²) < 4.78 is 11.1. The van der Waals surface area contributed by atoms with Crippen molar-refractivity contribution in [2.24, 2.45) is 11.8 Å². The molecule has 0 atom stereocenters. The number of aromatic nitrogens is 1. The highest BCUT2D eigenvalue weighted by Crippen LogP contribution is 2.41. The number of carbonyl (C=O) groups is 2. The lowest BCUT2D eigenvalue weighted by molar-refractivity contribution is -0.123. The molecule has 1 aromatic carbocycles. The van der Waals surface area contributed by atoms with E-state index in [0.29, 0.717) is 16.5 Å². The van der Waals surface area contributed by atoms with Crippen LogP contribution in [0.3, 0.4) is 0 Å². The van der Waals surface area contributed by atoms with Crippen molar-refractivity contribution in [1.29, 1.82) is 0 Å². The van der Waals surface area contributed by atoms with Crippen LogP contribution in [0.1, 0.15) is 56.8 Å². The number of nitrogens with zero attached hydrogens (tertiary/aromatic N) is 2. The maximum absolute atomic E-state index is 13.7. The van der Waals surface area contributed by atoms with Gasteiger partial charge in [0.1, 0.15) is 16.3 Å². The van der Waals surface area contributed by atoms with Gasteiger partial charge in [-0.3, -0.25) is 9.78 Å². The number of benzene rings is 1. The summed E-state index contributed by atoms with van der Waals surface area (Å²) in [6.45, 7) is 6.25. The summed E-state index contributed by atoms with van der Waals surface area (Å²) >= 11 is 1.46. The van der Waals surface area contributed by atoms with Crippen molar-refractivity contribution in [2.75, 3.05) is 12.0 Å². The molecule has 1 saturated carbocycles. The SMILES string of the molecule is COC(=O)c1cc(-c2ccc(-c3cc4ncccc4o3)cc2)sc1N(C(=O)C1CCC(C)CC1)C(C)C. The van der Waals surface area contributed by atoms with Gasteiger partial charge in [0, 0.05) is 34.7 Å². The molecule has 0 aliphatic heterocycles. The third kappa shape index (κ3) is 5.05. The van der Waals surface area contributed by atoms with Crippen LogP contribution in [-0.2, 0) is 9.53 Å². The number of fused-ring (bicyclic) bond motifs is 1. The van der Waals surface area contributed by atoms with Crippen molar-refractivity contribution >= 4 is 39.3 Å². The van der Waals surface area contributed by atoms with Crippen LogP contribution < -0.4 is 4.90 Å². The predicted octanol–water partition coefficient (Wildman–Crippen LogP) is 7.58. The number of ether oxygens (including phenoxy) is 1. The lowest BCUT2D eigenvalue weighted by Crippen LogP contribution is -2.42. The number of hydrogen-bond acceptors (Lipinski definition) is 6. The van der Waals surface area contributed by atoms with Crippen LogP contribution in [0.2, 0.25) is 0 Å². The molecule has 0 N–H and O–H groups in total. The Morgan fingerprint density at radius 3 is 2.41 bits per heavy atom. The molecule has 0 unspecified atom stereocenters. The first-order chi connectivity index (χ1) is 17.9. The van der Waals surface area contributed by atoms with E-state index in [1.807, 2.05) is 67.3 Å². The van der Waals surface area contributed by atoms with Crippen LogP contribution in [0.5, 0.6) is 0 Å². The molecular weight excluding hydrogens is 484 g/mol. The number of amides is 1. The van der Waals surface area contributed by atoms with Crippen molar-refractivity contribution in [3.63, 3.8) is 0 Å². The largest absolute Gasteiger partial charge is 0.465 e. The van der Waals surface area contributed by atoms with Gasteiger partial charge in [0.05, 0.1) is 12.7 Å². The number of methoxy groups -OCH3 is 1. The fraction of sp³-hybridized carbons (Fsp3) is 0.367. The summed E-state index contributed by atoms with van der Waals surface area (Å²) in [7, 11) is 1.38. The average Bonchev–Trinajstić information content (AvgIpc) is 3.54. The van der Waals surface area contributed by atoms with Gasteiger partial charge in [0.15, 0.2) is 5.58 Å². The van der Waals surface area contributed by atoms with Crippen molar-refractivity contribution in [1.82, 2.24) is 4.98 Å². The van der Waals surface area contributed by atoms with Crippen LogP contribution >= 0.6 is 11.3 Å². The first kappa shape index (κ1) is 25.2. The number of esters is 1. The van der Waals surface area contributed by atoms with Crippen LogP contribution in [-0.4, -0.2) is 30.0 Å². The summed E-state index contributed by atoms with van der Waals surface area (Å²) in [6, 6.07) is 15.5. The molecule has 4 aromatic rings. The number of carbonyl (C=O) groups excluding carboxylic acids is 2. The van der Waals surface area contributed by atoms with Gasteiger partial charge in [-0.25, -0.2) is 4.79 Å². The number of pyridine rings is 1. The molecule has 1 fully saturated rings. The molecule has 1 amide bonds. The molecule has 7 heteroatoms. The molecular formula is C30H32N2O4S. The Kier molecular flexibility index (Phi) is 7.15. The number of rotatable bonds is 6. The van der Waals surface area contributed by atoms with Crippen molar-refractivity contribution in [3.8, 4) is 21.8 Å². The van der Waals surface area contributed by atoms with Gasteiger partial charge in [-0.1, -0.05) is 31.2 Å². The van der Waals surface area contributed by atoms with E-state index >= 15 is 0 Å². The number of hydrogen-bond donors (Lipinski definition) is 0. The second-order valence-electron chi connectivity index (χ2n) is 10.2. The highest BCUT2D eigenvalue weighted by molar-refractivity contribution is 7.20. The lowest BCUT2D eigenvalue weighted by atomic mass is 9.82. The molecule has 0 radical (unpaired) electrons. The lowest BCUT2D eigenvalue weighted by Gasteiger charge is -2.33. The highest BCUT2D eigenvalue weighted by atomic mass is 32.1. The van der Waals surface area contributed by atoms with Gasteiger partial charge in [-0.15, -0.1) is 11.3 Å². The van der Waals surface area contributed by atoms with Crippen LogP contribution in [0.15, 0.2) is 59.1 Å². The van der Waals surface area contributed by atoms with Crippen molar-refractivity contribution in [2.45, 2.75) is 52.5 Å². The molecule has 0 spiro atoms. The summed E-state index contributed by atoms with van der Waals surface area (Å²) in [6.07, 6.45) is 5.67. The molecule has 37 heavy (non-hydrogen) atoms. The molecule has 0 saturated heterocycles. The fourth-order valence-electron chi connectivity index (χ4n) is 5.06. The van der Waals surface area contributed by atoms with Crippen LogP contribution in [0, 0.1) is 11.8 Å². The average molecular weight is 517 g/mol. The second-order valence-corrected chi connectivity index (χ2v) is 11.2. The first-order valence-corrected chi connectivity index (χ1v) is 13.7. The normalized spacial score (nSPS) is 17.8. The Morgan fingerprint density at radius 1 is 1.05 bits per heavy atom. The van der Waals surface area contributed by atoms with Crippen LogP contribution in [0.4, 0.5) is 5.00 Å². The molecule has 6 nitrogen and oxygen atoms in total. The minimum Gasteiger partial charge on any atom is -0.465 e. The highest BCUT2D eigenvalue weighted by Gasteiger charge is 2.34. The first-order valence-electron chi connectivity index (χ1n) is 12.9. The van der Waals surface area contributed by atoms with E-state index < -0.39 is 5.97 Å². The fourth-order valence-corrected chi connectivity index (χ4v) is 6.35. The summed E-state index contributed by atoms with van der Waals surface area (Å²) in [5.74, 6) is 1.08. The van der Waals surface area contributed by atoms with E-state index in [2.05, 4.69) is 11.9 Å². The summed E-state index contributed by atoms with van der Waals surface area (Å²) in [4.78, 5) is 33.6. The van der Waals surface area contributed by atoms with Gasteiger partial charge < -0.3 is 14.1 Å². The zero-order valence-electron chi connectivity index (χ0n) is 21.7.